The molecule has 31 heavy (non-hydrogen) atoms. The lowest BCUT2D eigenvalue weighted by molar-refractivity contribution is -0.138. The van der Waals surface area contributed by atoms with Gasteiger partial charge in [-0.05, 0) is 41.0 Å². The Hall–Kier alpha value is -3.68. The maximum Gasteiger partial charge on any atom is 0.320 e. The first-order valence-corrected chi connectivity index (χ1v) is 9.73. The minimum absolute atomic E-state index is 0.0792. The molecule has 0 aliphatic carbocycles. The second kappa shape index (κ2) is 9.88. The second-order valence-electron chi connectivity index (χ2n) is 6.74. The summed E-state index contributed by atoms with van der Waals surface area (Å²) in [7, 11) is 0. The average Bonchev–Trinajstić information content (AvgIpc) is 2.76. The van der Waals surface area contributed by atoms with Gasteiger partial charge in [-0.2, -0.15) is 5.10 Å². The number of hydrogen-bond acceptors (Lipinski definition) is 5. The zero-order valence-corrected chi connectivity index (χ0v) is 17.1. The maximum atomic E-state index is 12.2. The summed E-state index contributed by atoms with van der Waals surface area (Å²) < 4.78 is 0. The molecule has 1 amide bonds. The first-order chi connectivity index (χ1) is 14.9. The third-order valence-corrected chi connectivity index (χ3v) is 4.88. The van der Waals surface area contributed by atoms with E-state index in [2.05, 4.69) is 10.5 Å². The van der Waals surface area contributed by atoms with Crippen molar-refractivity contribution in [2.45, 2.75) is 12.5 Å². The molecule has 0 aliphatic rings. The first kappa shape index (κ1) is 22.0. The summed E-state index contributed by atoms with van der Waals surface area (Å²) in [6.07, 6.45) is 5.33. The van der Waals surface area contributed by atoms with Crippen LogP contribution in [-0.2, 0) is 4.79 Å². The molecule has 0 spiro atoms. The monoisotopic (exact) mass is 437 g/mol. The van der Waals surface area contributed by atoms with Crippen molar-refractivity contribution >= 4 is 46.5 Å². The Kier molecular flexibility index (Phi) is 7.02. The normalized spacial score (nSPS) is 12.5. The molecule has 0 aromatic heterocycles. The summed E-state index contributed by atoms with van der Waals surface area (Å²) >= 11 is 5.83. The van der Waals surface area contributed by atoms with Gasteiger partial charge in [0.05, 0.1) is 11.2 Å². The molecule has 0 bridgehead atoms. The van der Waals surface area contributed by atoms with Crippen LogP contribution in [0, 0.1) is 0 Å². The SMILES string of the molecule is NC(CC=Cc1ccc(C=NNC(=O)c2ccc(O)c(Cl)c2)c2ccccc12)C(=O)O. The van der Waals surface area contributed by atoms with E-state index in [9.17, 15) is 14.7 Å². The van der Waals surface area contributed by atoms with Crippen LogP contribution in [-0.4, -0.2) is 34.3 Å². The number of hydrogen-bond donors (Lipinski definition) is 4. The van der Waals surface area contributed by atoms with Gasteiger partial charge in [-0.15, -0.1) is 0 Å². The van der Waals surface area contributed by atoms with Crippen molar-refractivity contribution in [3.63, 3.8) is 0 Å². The fraction of sp³-hybridized carbons (Fsp3) is 0.0870. The number of halogens is 1. The second-order valence-corrected chi connectivity index (χ2v) is 7.14. The van der Waals surface area contributed by atoms with E-state index in [0.29, 0.717) is 0 Å². The van der Waals surface area contributed by atoms with E-state index >= 15 is 0 Å². The van der Waals surface area contributed by atoms with Crippen LogP contribution in [0.1, 0.15) is 27.9 Å². The molecule has 0 radical (unpaired) electrons. The lowest BCUT2D eigenvalue weighted by atomic mass is 9.99. The molecule has 0 saturated heterocycles. The van der Waals surface area contributed by atoms with Gasteiger partial charge >= 0.3 is 5.97 Å². The highest BCUT2D eigenvalue weighted by Gasteiger charge is 2.09. The zero-order chi connectivity index (χ0) is 22.4. The van der Waals surface area contributed by atoms with Crippen LogP contribution in [0.15, 0.2) is 65.8 Å². The molecule has 3 aromatic rings. The maximum absolute atomic E-state index is 12.2. The van der Waals surface area contributed by atoms with Crippen molar-refractivity contribution in [2.75, 3.05) is 0 Å². The van der Waals surface area contributed by atoms with Crippen LogP contribution in [0.2, 0.25) is 5.02 Å². The van der Waals surface area contributed by atoms with Crippen LogP contribution in [0.4, 0.5) is 0 Å². The summed E-state index contributed by atoms with van der Waals surface area (Å²) in [6, 6.07) is 14.6. The Morgan fingerprint density at radius 2 is 1.77 bits per heavy atom. The molecule has 0 aliphatic heterocycles. The number of carbonyl (C=O) groups excluding carboxylic acids is 1. The minimum Gasteiger partial charge on any atom is -0.506 e. The van der Waals surface area contributed by atoms with E-state index in [0.717, 1.165) is 21.9 Å². The number of benzene rings is 3. The average molecular weight is 438 g/mol. The molecule has 0 saturated carbocycles. The number of carboxylic acid groups (broad SMARTS) is 1. The Morgan fingerprint density at radius 3 is 2.45 bits per heavy atom. The Bertz CT molecular complexity index is 1190. The number of rotatable bonds is 7. The van der Waals surface area contributed by atoms with Crippen molar-refractivity contribution in [1.29, 1.82) is 0 Å². The Balaban J connectivity index is 1.78. The van der Waals surface area contributed by atoms with E-state index < -0.39 is 17.9 Å². The lowest BCUT2D eigenvalue weighted by Gasteiger charge is -2.07. The molecule has 7 nitrogen and oxygen atoms in total. The number of nitrogens with two attached hydrogens (primary N) is 1. The van der Waals surface area contributed by atoms with Gasteiger partial charge in [0.25, 0.3) is 5.91 Å². The van der Waals surface area contributed by atoms with Gasteiger partial charge in [-0.3, -0.25) is 9.59 Å². The smallest absolute Gasteiger partial charge is 0.320 e. The third-order valence-electron chi connectivity index (χ3n) is 4.58. The van der Waals surface area contributed by atoms with Crippen molar-refractivity contribution in [1.82, 2.24) is 5.43 Å². The van der Waals surface area contributed by atoms with Gasteiger partial charge in [0.2, 0.25) is 0 Å². The number of carboxylic acids is 1. The van der Waals surface area contributed by atoms with Crippen LogP contribution >= 0.6 is 11.6 Å². The highest BCUT2D eigenvalue weighted by atomic mass is 35.5. The number of fused-ring (bicyclic) bond motifs is 1. The molecule has 3 aromatic carbocycles. The number of nitrogens with one attached hydrogen (secondary N) is 1. The number of nitrogens with zero attached hydrogens (tertiary/aromatic N) is 1. The van der Waals surface area contributed by atoms with Crippen LogP contribution in [0.5, 0.6) is 5.75 Å². The fourth-order valence-electron chi connectivity index (χ4n) is 2.92. The van der Waals surface area contributed by atoms with Gasteiger partial charge < -0.3 is 15.9 Å². The first-order valence-electron chi connectivity index (χ1n) is 9.35. The zero-order valence-electron chi connectivity index (χ0n) is 16.3. The largest absolute Gasteiger partial charge is 0.506 e. The summed E-state index contributed by atoms with van der Waals surface area (Å²) in [5, 5.41) is 24.3. The third kappa shape index (κ3) is 5.48. The number of carbonyl (C=O) groups is 2. The molecular weight excluding hydrogens is 418 g/mol. The number of aliphatic carboxylic acids is 1. The van der Waals surface area contributed by atoms with E-state index in [4.69, 9.17) is 22.4 Å². The predicted octanol–water partition coefficient (Wildman–Crippen LogP) is 3.78. The van der Waals surface area contributed by atoms with Crippen molar-refractivity contribution in [2.24, 2.45) is 10.8 Å². The van der Waals surface area contributed by atoms with Gasteiger partial charge in [0.1, 0.15) is 11.8 Å². The number of phenolic OH excluding ortho intramolecular Hbond substituents is 1. The highest BCUT2D eigenvalue weighted by molar-refractivity contribution is 6.32. The number of aromatic hydroxyl groups is 1. The van der Waals surface area contributed by atoms with Gasteiger partial charge in [0.15, 0.2) is 0 Å². The van der Waals surface area contributed by atoms with E-state index in [1.165, 1.54) is 24.4 Å². The molecule has 1 atom stereocenters. The van der Waals surface area contributed by atoms with Gasteiger partial charge in [-0.1, -0.05) is 60.2 Å². The van der Waals surface area contributed by atoms with E-state index in [-0.39, 0.29) is 22.8 Å². The van der Waals surface area contributed by atoms with Crippen molar-refractivity contribution < 1.29 is 19.8 Å². The number of amides is 1. The summed E-state index contributed by atoms with van der Waals surface area (Å²) in [5.74, 6) is -1.61. The standard InChI is InChI=1S/C23H20ClN3O4/c24-19-12-15(10-11-21(19)28)22(29)27-26-13-16-9-8-14(4-3-7-20(25)23(30)31)17-5-1-2-6-18(16)17/h1-6,8-13,20,28H,7,25H2,(H,27,29)(H,30,31). The van der Waals surface area contributed by atoms with E-state index in [1.54, 1.807) is 6.08 Å². The van der Waals surface area contributed by atoms with Crippen LogP contribution < -0.4 is 11.2 Å². The van der Waals surface area contributed by atoms with Gasteiger partial charge in [-0.25, -0.2) is 5.43 Å². The van der Waals surface area contributed by atoms with Crippen molar-refractivity contribution in [3.8, 4) is 5.75 Å². The van der Waals surface area contributed by atoms with Crippen LogP contribution in [0.3, 0.4) is 0 Å². The molecule has 5 N–H and O–H groups in total. The lowest BCUT2D eigenvalue weighted by Crippen LogP contribution is -2.29. The highest BCUT2D eigenvalue weighted by Crippen LogP contribution is 2.24. The predicted molar refractivity (Wildman–Crippen MR) is 121 cm³/mol. The molecule has 158 valence electrons. The van der Waals surface area contributed by atoms with E-state index in [1.807, 2.05) is 42.5 Å². The minimum atomic E-state index is -1.04. The molecule has 0 fully saturated rings. The number of phenols is 1. The summed E-state index contributed by atoms with van der Waals surface area (Å²) in [5.41, 5.74) is 9.94. The van der Waals surface area contributed by atoms with Crippen LogP contribution in [0.25, 0.3) is 16.8 Å². The molecule has 1 unspecified atom stereocenters. The summed E-state index contributed by atoms with van der Waals surface area (Å²) in [6.45, 7) is 0. The summed E-state index contributed by atoms with van der Waals surface area (Å²) in [4.78, 5) is 23.1. The molecule has 0 heterocycles. The molecule has 3 rings (SSSR count). The van der Waals surface area contributed by atoms with Gasteiger partial charge in [0, 0.05) is 11.1 Å². The quantitative estimate of drug-likeness (QED) is 0.330. The topological polar surface area (TPSA) is 125 Å². The fourth-order valence-corrected chi connectivity index (χ4v) is 3.10. The Morgan fingerprint density at radius 1 is 1.10 bits per heavy atom. The number of hydrazone groups is 1. The van der Waals surface area contributed by atoms with Crippen molar-refractivity contribution in [3.05, 3.63) is 82.4 Å². The molecule has 8 heteroatoms. The Labute approximate surface area is 183 Å². The molecular formula is C23H20ClN3O4.